The van der Waals surface area contributed by atoms with Crippen LogP contribution in [0, 0.1) is 0 Å². The Morgan fingerprint density at radius 2 is 1.50 bits per heavy atom. The average Bonchev–Trinajstić information content (AvgIpc) is 3.22. The normalized spacial score (nSPS) is 14.9. The fourth-order valence-electron chi connectivity index (χ4n) is 5.49. The van der Waals surface area contributed by atoms with Crippen LogP contribution < -0.4 is 9.62 Å². The van der Waals surface area contributed by atoms with Crippen LogP contribution in [-0.4, -0.2) is 43.8 Å². The van der Waals surface area contributed by atoms with Gasteiger partial charge in [-0.15, -0.1) is 0 Å². The van der Waals surface area contributed by atoms with E-state index in [1.807, 2.05) is 98.8 Å². The molecule has 0 aromatic heterocycles. The van der Waals surface area contributed by atoms with Crippen molar-refractivity contribution in [3.8, 4) is 0 Å². The lowest BCUT2D eigenvalue weighted by molar-refractivity contribution is -0.141. The lowest BCUT2D eigenvalue weighted by Crippen LogP contribution is -2.52. The van der Waals surface area contributed by atoms with Gasteiger partial charge in [0.15, 0.2) is 0 Å². The Bertz CT molecular complexity index is 1650. The number of carbonyl (C=O) groups excluding carboxylic acids is 2. The molecule has 0 spiro atoms. The molecule has 0 bridgehead atoms. The van der Waals surface area contributed by atoms with E-state index in [4.69, 9.17) is 0 Å². The molecule has 2 atom stereocenters. The third-order valence-corrected chi connectivity index (χ3v) is 9.76. The maximum absolute atomic E-state index is 14.0. The summed E-state index contributed by atoms with van der Waals surface area (Å²) in [5.41, 5.74) is 2.53. The van der Waals surface area contributed by atoms with Crippen LogP contribution in [0.1, 0.15) is 44.2 Å². The van der Waals surface area contributed by atoms with Gasteiger partial charge in [-0.25, -0.2) is 8.42 Å². The molecule has 0 saturated carbocycles. The van der Waals surface area contributed by atoms with Crippen molar-refractivity contribution in [2.75, 3.05) is 10.8 Å². The first-order valence-corrected chi connectivity index (χ1v) is 16.0. The molecule has 0 fully saturated rings. The molecule has 42 heavy (non-hydrogen) atoms. The zero-order chi connectivity index (χ0) is 29.7. The Morgan fingerprint density at radius 3 is 2.17 bits per heavy atom. The highest BCUT2D eigenvalue weighted by Gasteiger charge is 2.36. The lowest BCUT2D eigenvalue weighted by Gasteiger charge is -2.32. The number of anilines is 1. The Kier molecular flexibility index (Phi) is 8.92. The summed E-state index contributed by atoms with van der Waals surface area (Å²) in [5, 5.41) is 4.68. The van der Waals surface area contributed by atoms with E-state index in [9.17, 15) is 18.0 Å². The van der Waals surface area contributed by atoms with Crippen LogP contribution in [0.5, 0.6) is 0 Å². The second-order valence-corrected chi connectivity index (χ2v) is 12.7. The van der Waals surface area contributed by atoms with Gasteiger partial charge < -0.3 is 10.2 Å². The standard InChI is InChI=1S/C34H37N3O4S/c1-3-25(2)35-34(39)30(23-26-13-6-4-7-14-26)36(24-27-15-8-5-9-16-27)32(38)21-12-22-37-29-19-10-17-28-18-11-20-31(33(28)29)42(37,40)41/h4-11,13-20,25,30H,3,12,21-24H2,1-2H3,(H,35,39)/t25-,30+/m0/s1. The van der Waals surface area contributed by atoms with E-state index in [2.05, 4.69) is 5.32 Å². The van der Waals surface area contributed by atoms with E-state index in [1.54, 1.807) is 17.0 Å². The summed E-state index contributed by atoms with van der Waals surface area (Å²) in [5.74, 6) is -0.381. The van der Waals surface area contributed by atoms with Gasteiger partial charge >= 0.3 is 0 Å². The summed E-state index contributed by atoms with van der Waals surface area (Å²) in [4.78, 5) is 29.6. The van der Waals surface area contributed by atoms with Crippen molar-refractivity contribution >= 4 is 38.3 Å². The molecule has 1 aliphatic heterocycles. The summed E-state index contributed by atoms with van der Waals surface area (Å²) in [6.45, 7) is 4.41. The third kappa shape index (κ3) is 6.19. The quantitative estimate of drug-likeness (QED) is 0.232. The number of carbonyl (C=O) groups is 2. The number of hydrogen-bond acceptors (Lipinski definition) is 4. The maximum atomic E-state index is 14.0. The van der Waals surface area contributed by atoms with Gasteiger partial charge in [-0.2, -0.15) is 0 Å². The fourth-order valence-corrected chi connectivity index (χ4v) is 7.24. The van der Waals surface area contributed by atoms with E-state index in [0.717, 1.165) is 28.3 Å². The van der Waals surface area contributed by atoms with Crippen molar-refractivity contribution in [2.45, 2.75) is 63.1 Å². The van der Waals surface area contributed by atoms with Gasteiger partial charge in [0.2, 0.25) is 11.8 Å². The van der Waals surface area contributed by atoms with Gasteiger partial charge in [0.25, 0.3) is 10.0 Å². The van der Waals surface area contributed by atoms with Gasteiger partial charge in [-0.1, -0.05) is 91.9 Å². The fraction of sp³-hybridized carbons (Fsp3) is 0.294. The monoisotopic (exact) mass is 583 g/mol. The molecule has 8 heteroatoms. The van der Waals surface area contributed by atoms with E-state index >= 15 is 0 Å². The van der Waals surface area contributed by atoms with Crippen LogP contribution in [-0.2, 0) is 32.6 Å². The number of nitrogens with one attached hydrogen (secondary N) is 1. The number of nitrogens with zero attached hydrogens (tertiary/aromatic N) is 2. The van der Waals surface area contributed by atoms with Gasteiger partial charge in [0.1, 0.15) is 6.04 Å². The third-order valence-electron chi connectivity index (χ3n) is 7.90. The number of amides is 2. The van der Waals surface area contributed by atoms with Crippen molar-refractivity contribution in [3.63, 3.8) is 0 Å². The zero-order valence-electron chi connectivity index (χ0n) is 24.1. The number of hydrogen-bond donors (Lipinski definition) is 1. The predicted octanol–water partition coefficient (Wildman–Crippen LogP) is 5.68. The summed E-state index contributed by atoms with van der Waals surface area (Å²) < 4.78 is 28.3. The van der Waals surface area contributed by atoms with Gasteiger partial charge in [0.05, 0.1) is 10.6 Å². The Morgan fingerprint density at radius 1 is 0.857 bits per heavy atom. The molecule has 7 nitrogen and oxygen atoms in total. The second-order valence-electron chi connectivity index (χ2n) is 10.8. The SMILES string of the molecule is CC[C@H](C)NC(=O)[C@@H](Cc1ccccc1)N(Cc1ccccc1)C(=O)CCCN1c2cccc3cccc(c23)S1(=O)=O. The summed E-state index contributed by atoms with van der Waals surface area (Å²) >= 11 is 0. The van der Waals surface area contributed by atoms with Crippen LogP contribution in [0.2, 0.25) is 0 Å². The molecule has 218 valence electrons. The Labute approximate surface area is 248 Å². The molecule has 4 aromatic carbocycles. The molecule has 2 amide bonds. The molecule has 0 aliphatic carbocycles. The van der Waals surface area contributed by atoms with Gasteiger partial charge in [-0.3, -0.25) is 13.9 Å². The smallest absolute Gasteiger partial charge is 0.265 e. The molecule has 0 saturated heterocycles. The molecular formula is C34H37N3O4S. The highest BCUT2D eigenvalue weighted by atomic mass is 32.2. The highest BCUT2D eigenvalue weighted by Crippen LogP contribution is 2.42. The minimum atomic E-state index is -3.71. The first kappa shape index (κ1) is 29.3. The van der Waals surface area contributed by atoms with Crippen LogP contribution in [0.25, 0.3) is 10.8 Å². The van der Waals surface area contributed by atoms with Crippen molar-refractivity contribution in [3.05, 3.63) is 108 Å². The number of rotatable bonds is 12. The van der Waals surface area contributed by atoms with Crippen LogP contribution >= 0.6 is 0 Å². The molecular weight excluding hydrogens is 546 g/mol. The van der Waals surface area contributed by atoms with E-state index < -0.39 is 16.1 Å². The second kappa shape index (κ2) is 12.8. The number of sulfonamides is 1. The Hall–Kier alpha value is -4.17. The van der Waals surface area contributed by atoms with Crippen molar-refractivity contribution in [2.24, 2.45) is 0 Å². The van der Waals surface area contributed by atoms with Crippen molar-refractivity contribution < 1.29 is 18.0 Å². The van der Waals surface area contributed by atoms with Crippen LogP contribution in [0.3, 0.4) is 0 Å². The zero-order valence-corrected chi connectivity index (χ0v) is 24.9. The average molecular weight is 584 g/mol. The highest BCUT2D eigenvalue weighted by molar-refractivity contribution is 7.93. The van der Waals surface area contributed by atoms with E-state index in [-0.39, 0.29) is 37.4 Å². The topological polar surface area (TPSA) is 86.8 Å². The molecule has 1 heterocycles. The molecule has 0 unspecified atom stereocenters. The minimum Gasteiger partial charge on any atom is -0.352 e. The Balaban J connectivity index is 1.39. The molecule has 1 aliphatic rings. The largest absolute Gasteiger partial charge is 0.352 e. The van der Waals surface area contributed by atoms with Crippen molar-refractivity contribution in [1.29, 1.82) is 0 Å². The lowest BCUT2D eigenvalue weighted by atomic mass is 10.0. The van der Waals surface area contributed by atoms with Crippen molar-refractivity contribution in [1.82, 2.24) is 10.2 Å². The summed E-state index contributed by atoms with van der Waals surface area (Å²) in [6, 6.07) is 29.5. The minimum absolute atomic E-state index is 0.0332. The summed E-state index contributed by atoms with van der Waals surface area (Å²) in [7, 11) is -3.71. The van der Waals surface area contributed by atoms with E-state index in [0.29, 0.717) is 23.4 Å². The predicted molar refractivity (Wildman–Crippen MR) is 167 cm³/mol. The van der Waals surface area contributed by atoms with Crippen LogP contribution in [0.4, 0.5) is 5.69 Å². The molecule has 5 rings (SSSR count). The molecule has 4 aromatic rings. The summed E-state index contributed by atoms with van der Waals surface area (Å²) in [6.07, 6.45) is 1.57. The first-order valence-electron chi connectivity index (χ1n) is 14.5. The van der Waals surface area contributed by atoms with Gasteiger partial charge in [-0.05, 0) is 48.4 Å². The molecule has 1 N–H and O–H groups in total. The maximum Gasteiger partial charge on any atom is 0.265 e. The van der Waals surface area contributed by atoms with Crippen LogP contribution in [0.15, 0.2) is 102 Å². The number of benzene rings is 4. The van der Waals surface area contributed by atoms with E-state index in [1.165, 1.54) is 4.31 Å². The first-order chi connectivity index (χ1) is 20.3. The molecule has 0 radical (unpaired) electrons. The van der Waals surface area contributed by atoms with Gasteiger partial charge in [0, 0.05) is 37.4 Å².